The van der Waals surface area contributed by atoms with Crippen LogP contribution in [0, 0.1) is 5.82 Å². The number of nitrogens with one attached hydrogen (secondary N) is 1. The molecule has 0 fully saturated rings. The number of hydrogen-bond donors (Lipinski definition) is 2. The Hall–Kier alpha value is -1.30. The van der Waals surface area contributed by atoms with Crippen LogP contribution in [0.15, 0.2) is 36.0 Å². The standard InChI is InChI=1S/C11H12FN3S/c12-9-4-8(6-14-7-9)11(15-13)5-10-2-1-3-16-10/h1-4,6-7,11,15H,5,13H2. The SMILES string of the molecule is NNC(Cc1cccs1)c1cncc(F)c1. The van der Waals surface area contributed by atoms with Crippen LogP contribution in [0.25, 0.3) is 0 Å². The van der Waals surface area contributed by atoms with E-state index < -0.39 is 0 Å². The van der Waals surface area contributed by atoms with Crippen molar-refractivity contribution in [3.05, 3.63) is 52.2 Å². The van der Waals surface area contributed by atoms with E-state index in [0.29, 0.717) is 0 Å². The molecule has 1 atom stereocenters. The lowest BCUT2D eigenvalue weighted by atomic mass is 10.1. The van der Waals surface area contributed by atoms with Crippen molar-refractivity contribution in [2.24, 2.45) is 5.84 Å². The van der Waals surface area contributed by atoms with Gasteiger partial charge in [-0.25, -0.2) is 4.39 Å². The first-order chi connectivity index (χ1) is 7.79. The zero-order valence-electron chi connectivity index (χ0n) is 8.56. The second-order valence-electron chi connectivity index (χ2n) is 3.44. The topological polar surface area (TPSA) is 50.9 Å². The van der Waals surface area contributed by atoms with Crippen LogP contribution in [0.4, 0.5) is 4.39 Å². The molecule has 0 aliphatic carbocycles. The molecule has 5 heteroatoms. The summed E-state index contributed by atoms with van der Waals surface area (Å²) in [4.78, 5) is 5.02. The molecule has 0 radical (unpaired) electrons. The van der Waals surface area contributed by atoms with Gasteiger partial charge >= 0.3 is 0 Å². The van der Waals surface area contributed by atoms with Gasteiger partial charge in [-0.05, 0) is 23.1 Å². The van der Waals surface area contributed by atoms with Gasteiger partial charge in [0.15, 0.2) is 0 Å². The molecule has 1 unspecified atom stereocenters. The highest BCUT2D eigenvalue weighted by molar-refractivity contribution is 7.09. The predicted octanol–water partition coefficient (Wildman–Crippen LogP) is 2.03. The first-order valence-electron chi connectivity index (χ1n) is 4.88. The van der Waals surface area contributed by atoms with Gasteiger partial charge in [0.1, 0.15) is 5.82 Å². The lowest BCUT2D eigenvalue weighted by Gasteiger charge is -2.14. The van der Waals surface area contributed by atoms with Gasteiger partial charge in [-0.15, -0.1) is 11.3 Å². The van der Waals surface area contributed by atoms with E-state index in [1.54, 1.807) is 17.5 Å². The maximum atomic E-state index is 13.0. The minimum atomic E-state index is -0.344. The molecule has 0 bridgehead atoms. The van der Waals surface area contributed by atoms with Gasteiger partial charge in [0, 0.05) is 17.5 Å². The molecule has 0 saturated carbocycles. The van der Waals surface area contributed by atoms with Gasteiger partial charge in [-0.3, -0.25) is 16.3 Å². The molecule has 3 nitrogen and oxygen atoms in total. The first kappa shape index (κ1) is 11.2. The summed E-state index contributed by atoms with van der Waals surface area (Å²) < 4.78 is 13.0. The Labute approximate surface area is 97.1 Å². The zero-order chi connectivity index (χ0) is 11.4. The lowest BCUT2D eigenvalue weighted by Crippen LogP contribution is -2.29. The molecular weight excluding hydrogens is 225 g/mol. The van der Waals surface area contributed by atoms with Crippen LogP contribution in [-0.2, 0) is 6.42 Å². The minimum Gasteiger partial charge on any atom is -0.271 e. The number of pyridine rings is 1. The van der Waals surface area contributed by atoms with E-state index >= 15 is 0 Å². The molecule has 0 amide bonds. The lowest BCUT2D eigenvalue weighted by molar-refractivity contribution is 0.544. The molecule has 0 aliphatic rings. The largest absolute Gasteiger partial charge is 0.271 e. The number of thiophene rings is 1. The number of hydrogen-bond acceptors (Lipinski definition) is 4. The average molecular weight is 237 g/mol. The summed E-state index contributed by atoms with van der Waals surface area (Å²) in [7, 11) is 0. The highest BCUT2D eigenvalue weighted by Gasteiger charge is 2.12. The van der Waals surface area contributed by atoms with Gasteiger partial charge in [0.05, 0.1) is 12.2 Å². The summed E-state index contributed by atoms with van der Waals surface area (Å²) in [6.45, 7) is 0. The van der Waals surface area contributed by atoms with Crippen LogP contribution in [0.3, 0.4) is 0 Å². The first-order valence-corrected chi connectivity index (χ1v) is 5.76. The third-order valence-corrected chi connectivity index (χ3v) is 3.21. The molecule has 0 spiro atoms. The van der Waals surface area contributed by atoms with Crippen molar-refractivity contribution < 1.29 is 4.39 Å². The Kier molecular flexibility index (Phi) is 3.61. The maximum Gasteiger partial charge on any atom is 0.141 e. The molecule has 2 rings (SSSR count). The zero-order valence-corrected chi connectivity index (χ0v) is 9.38. The number of nitrogens with zero attached hydrogens (tertiary/aromatic N) is 1. The molecule has 0 aromatic carbocycles. The Morgan fingerprint density at radius 1 is 1.50 bits per heavy atom. The second-order valence-corrected chi connectivity index (χ2v) is 4.47. The third-order valence-electron chi connectivity index (χ3n) is 2.31. The Bertz CT molecular complexity index is 444. The summed E-state index contributed by atoms with van der Waals surface area (Å²) in [6.07, 6.45) is 3.54. The van der Waals surface area contributed by atoms with E-state index in [2.05, 4.69) is 10.4 Å². The average Bonchev–Trinajstić information content (AvgIpc) is 2.78. The van der Waals surface area contributed by atoms with E-state index in [-0.39, 0.29) is 11.9 Å². The van der Waals surface area contributed by atoms with Crippen molar-refractivity contribution in [3.63, 3.8) is 0 Å². The highest BCUT2D eigenvalue weighted by Crippen LogP contribution is 2.20. The molecule has 16 heavy (non-hydrogen) atoms. The van der Waals surface area contributed by atoms with Crippen molar-refractivity contribution in [1.29, 1.82) is 0 Å². The molecule has 84 valence electrons. The van der Waals surface area contributed by atoms with Crippen LogP contribution in [-0.4, -0.2) is 4.98 Å². The second kappa shape index (κ2) is 5.16. The van der Waals surface area contributed by atoms with Crippen molar-refractivity contribution in [2.45, 2.75) is 12.5 Å². The normalized spacial score (nSPS) is 12.6. The maximum absolute atomic E-state index is 13.0. The van der Waals surface area contributed by atoms with Crippen LogP contribution in [0.1, 0.15) is 16.5 Å². The smallest absolute Gasteiger partial charge is 0.141 e. The number of nitrogens with two attached hydrogens (primary N) is 1. The fourth-order valence-electron chi connectivity index (χ4n) is 1.52. The van der Waals surface area contributed by atoms with Crippen molar-refractivity contribution >= 4 is 11.3 Å². The highest BCUT2D eigenvalue weighted by atomic mass is 32.1. The summed E-state index contributed by atoms with van der Waals surface area (Å²) in [6, 6.07) is 5.35. The fraction of sp³-hybridized carbons (Fsp3) is 0.182. The molecular formula is C11H12FN3S. The van der Waals surface area contributed by atoms with Crippen LogP contribution < -0.4 is 11.3 Å². The monoisotopic (exact) mass is 237 g/mol. The predicted molar refractivity (Wildman–Crippen MR) is 62.3 cm³/mol. The van der Waals surface area contributed by atoms with E-state index in [1.165, 1.54) is 17.1 Å². The Balaban J connectivity index is 2.16. The molecule has 3 N–H and O–H groups in total. The van der Waals surface area contributed by atoms with Gasteiger partial charge < -0.3 is 0 Å². The van der Waals surface area contributed by atoms with Crippen LogP contribution in [0.5, 0.6) is 0 Å². The fourth-order valence-corrected chi connectivity index (χ4v) is 2.27. The third kappa shape index (κ3) is 2.63. The van der Waals surface area contributed by atoms with Gasteiger partial charge in [-0.2, -0.15) is 0 Å². The number of hydrazine groups is 1. The van der Waals surface area contributed by atoms with E-state index in [9.17, 15) is 4.39 Å². The summed E-state index contributed by atoms with van der Waals surface area (Å²) in [5, 5.41) is 2.01. The van der Waals surface area contributed by atoms with Crippen molar-refractivity contribution in [1.82, 2.24) is 10.4 Å². The molecule has 0 aliphatic heterocycles. The van der Waals surface area contributed by atoms with Gasteiger partial charge in [-0.1, -0.05) is 6.07 Å². The summed E-state index contributed by atoms with van der Waals surface area (Å²) >= 11 is 1.66. The van der Waals surface area contributed by atoms with E-state index in [1.807, 2.05) is 17.5 Å². The van der Waals surface area contributed by atoms with E-state index in [4.69, 9.17) is 5.84 Å². The molecule has 2 aromatic heterocycles. The molecule has 0 saturated heterocycles. The number of rotatable bonds is 4. The van der Waals surface area contributed by atoms with Gasteiger partial charge in [0.25, 0.3) is 0 Å². The van der Waals surface area contributed by atoms with Crippen molar-refractivity contribution in [3.8, 4) is 0 Å². The molecule has 2 heterocycles. The van der Waals surface area contributed by atoms with Crippen LogP contribution in [0.2, 0.25) is 0 Å². The number of halogens is 1. The quantitative estimate of drug-likeness (QED) is 0.632. The molecule has 2 aromatic rings. The van der Waals surface area contributed by atoms with Crippen molar-refractivity contribution in [2.75, 3.05) is 0 Å². The summed E-state index contributed by atoms with van der Waals surface area (Å²) in [5.41, 5.74) is 3.44. The number of aromatic nitrogens is 1. The van der Waals surface area contributed by atoms with E-state index in [0.717, 1.165) is 12.0 Å². The minimum absolute atomic E-state index is 0.109. The summed E-state index contributed by atoms with van der Waals surface area (Å²) in [5.74, 6) is 5.13. The Morgan fingerprint density at radius 2 is 2.38 bits per heavy atom. The Morgan fingerprint density at radius 3 is 3.00 bits per heavy atom. The van der Waals surface area contributed by atoms with Gasteiger partial charge in [0.2, 0.25) is 0 Å². The van der Waals surface area contributed by atoms with Crippen LogP contribution >= 0.6 is 11.3 Å².